The maximum atomic E-state index is 13.0. The summed E-state index contributed by atoms with van der Waals surface area (Å²) < 4.78 is 37.6. The van der Waals surface area contributed by atoms with Gasteiger partial charge in [0.15, 0.2) is 0 Å². The molecule has 1 heterocycles. The van der Waals surface area contributed by atoms with Crippen LogP contribution in [0.1, 0.15) is 33.1 Å². The first-order valence-corrected chi connectivity index (χ1v) is 13.8. The topological polar surface area (TPSA) is 171 Å². The molecular formula is C22H33N3O8S2. The van der Waals surface area contributed by atoms with E-state index in [0.717, 1.165) is 4.90 Å². The Kier molecular flexibility index (Phi) is 11.3. The summed E-state index contributed by atoms with van der Waals surface area (Å²) in [6.07, 6.45) is -0.418. The molecule has 4 atom stereocenters. The lowest BCUT2D eigenvalue weighted by Crippen LogP contribution is -2.55. The Morgan fingerprint density at radius 2 is 1.91 bits per heavy atom. The average Bonchev–Trinajstić information content (AvgIpc) is 3.19. The SMILES string of the molecule is CC(C)C[C@H](NC(=O)OCCSc1ccccc1)C(=O)N[C@@H](C[C@@H]1CCNC1=O)[C@@H](O)S(=O)(=O)O. The summed E-state index contributed by atoms with van der Waals surface area (Å²) in [5, 5.41) is 17.6. The quantitative estimate of drug-likeness (QED) is 0.142. The van der Waals surface area contributed by atoms with E-state index < -0.39 is 45.6 Å². The van der Waals surface area contributed by atoms with E-state index in [4.69, 9.17) is 4.74 Å². The zero-order chi connectivity index (χ0) is 26.0. The number of hydrogen-bond acceptors (Lipinski definition) is 8. The van der Waals surface area contributed by atoms with E-state index >= 15 is 0 Å². The first-order valence-electron chi connectivity index (χ1n) is 11.3. The zero-order valence-electron chi connectivity index (χ0n) is 19.7. The lowest BCUT2D eigenvalue weighted by atomic mass is 9.97. The first-order chi connectivity index (χ1) is 16.5. The van der Waals surface area contributed by atoms with Gasteiger partial charge in [-0.3, -0.25) is 14.1 Å². The number of rotatable bonds is 13. The van der Waals surface area contributed by atoms with Gasteiger partial charge in [0, 0.05) is 23.1 Å². The fraction of sp³-hybridized carbons (Fsp3) is 0.591. The van der Waals surface area contributed by atoms with Gasteiger partial charge in [0.25, 0.3) is 10.1 Å². The number of carbonyl (C=O) groups is 3. The van der Waals surface area contributed by atoms with Crippen LogP contribution in [0.4, 0.5) is 4.79 Å². The predicted molar refractivity (Wildman–Crippen MR) is 130 cm³/mol. The summed E-state index contributed by atoms with van der Waals surface area (Å²) in [5.74, 6) is -1.25. The van der Waals surface area contributed by atoms with E-state index in [1.54, 1.807) is 0 Å². The normalized spacial score (nSPS) is 18.4. The molecule has 1 aromatic carbocycles. The maximum absolute atomic E-state index is 13.0. The van der Waals surface area contributed by atoms with Crippen molar-refractivity contribution >= 4 is 39.8 Å². The Hall–Kier alpha value is -2.35. The molecule has 1 saturated heterocycles. The van der Waals surface area contributed by atoms with Crippen LogP contribution in [-0.4, -0.2) is 72.4 Å². The largest absolute Gasteiger partial charge is 0.449 e. The highest BCUT2D eigenvalue weighted by Gasteiger charge is 2.37. The van der Waals surface area contributed by atoms with Gasteiger partial charge in [-0.1, -0.05) is 32.0 Å². The summed E-state index contributed by atoms with van der Waals surface area (Å²) in [6, 6.07) is 7.02. The van der Waals surface area contributed by atoms with Crippen LogP contribution in [-0.2, 0) is 24.4 Å². The molecule has 0 bridgehead atoms. The van der Waals surface area contributed by atoms with Crippen LogP contribution in [0.25, 0.3) is 0 Å². The number of nitrogens with one attached hydrogen (secondary N) is 3. The van der Waals surface area contributed by atoms with Crippen LogP contribution < -0.4 is 16.0 Å². The van der Waals surface area contributed by atoms with Gasteiger partial charge >= 0.3 is 6.09 Å². The first kappa shape index (κ1) is 28.9. The van der Waals surface area contributed by atoms with Gasteiger partial charge in [-0.2, -0.15) is 8.42 Å². The molecule has 1 aromatic rings. The molecule has 13 heteroatoms. The molecule has 3 amide bonds. The smallest absolute Gasteiger partial charge is 0.407 e. The number of ether oxygens (including phenoxy) is 1. The third-order valence-electron chi connectivity index (χ3n) is 5.32. The van der Waals surface area contributed by atoms with E-state index in [-0.39, 0.29) is 31.3 Å². The molecule has 2 rings (SSSR count). The molecule has 35 heavy (non-hydrogen) atoms. The van der Waals surface area contributed by atoms with Crippen LogP contribution in [0, 0.1) is 11.8 Å². The molecular weight excluding hydrogens is 498 g/mol. The van der Waals surface area contributed by atoms with Crippen molar-refractivity contribution in [2.75, 3.05) is 18.9 Å². The van der Waals surface area contributed by atoms with E-state index in [1.807, 2.05) is 44.2 Å². The van der Waals surface area contributed by atoms with Gasteiger partial charge in [0.2, 0.25) is 17.3 Å². The van der Waals surface area contributed by atoms with Crippen molar-refractivity contribution in [3.8, 4) is 0 Å². The molecule has 0 spiro atoms. The van der Waals surface area contributed by atoms with Gasteiger partial charge in [0.05, 0.1) is 6.04 Å². The molecule has 1 fully saturated rings. The number of aliphatic hydroxyl groups excluding tert-OH is 1. The fourth-order valence-corrected chi connectivity index (χ4v) is 4.96. The predicted octanol–water partition coefficient (Wildman–Crippen LogP) is 1.14. The molecule has 11 nitrogen and oxygen atoms in total. The second-order valence-corrected chi connectivity index (χ2v) is 11.3. The Balaban J connectivity index is 1.98. The van der Waals surface area contributed by atoms with Crippen LogP contribution in [0.2, 0.25) is 0 Å². The summed E-state index contributed by atoms with van der Waals surface area (Å²) in [4.78, 5) is 38.2. The molecule has 0 aliphatic carbocycles. The molecule has 0 radical (unpaired) electrons. The number of aliphatic hydroxyl groups is 1. The van der Waals surface area contributed by atoms with Crippen molar-refractivity contribution in [3.05, 3.63) is 30.3 Å². The van der Waals surface area contributed by atoms with Crippen LogP contribution >= 0.6 is 11.8 Å². The molecule has 196 valence electrons. The highest BCUT2D eigenvalue weighted by atomic mass is 32.2. The average molecular weight is 532 g/mol. The number of thioether (sulfide) groups is 1. The molecule has 0 aromatic heterocycles. The minimum atomic E-state index is -4.92. The number of amides is 3. The Morgan fingerprint density at radius 3 is 2.49 bits per heavy atom. The van der Waals surface area contributed by atoms with Gasteiger partial charge in [-0.15, -0.1) is 11.8 Å². The Bertz CT molecular complexity index is 959. The van der Waals surface area contributed by atoms with Crippen LogP contribution in [0.5, 0.6) is 0 Å². The third-order valence-corrected chi connectivity index (χ3v) is 7.24. The molecule has 1 aliphatic rings. The third kappa shape index (κ3) is 10.0. The summed E-state index contributed by atoms with van der Waals surface area (Å²) in [5.41, 5.74) is -2.33. The van der Waals surface area contributed by atoms with Crippen molar-refractivity contribution in [2.45, 2.75) is 55.5 Å². The number of carbonyl (C=O) groups excluding carboxylic acids is 3. The van der Waals surface area contributed by atoms with Crippen molar-refractivity contribution in [3.63, 3.8) is 0 Å². The number of alkyl carbamates (subject to hydrolysis) is 1. The second kappa shape index (κ2) is 13.7. The van der Waals surface area contributed by atoms with Crippen molar-refractivity contribution in [1.82, 2.24) is 16.0 Å². The van der Waals surface area contributed by atoms with Crippen LogP contribution in [0.3, 0.4) is 0 Å². The Labute approximate surface area is 209 Å². The number of benzene rings is 1. The van der Waals surface area contributed by atoms with Gasteiger partial charge in [0.1, 0.15) is 12.6 Å². The minimum absolute atomic E-state index is 0.0229. The Morgan fingerprint density at radius 1 is 1.23 bits per heavy atom. The van der Waals surface area contributed by atoms with Crippen molar-refractivity contribution in [2.24, 2.45) is 11.8 Å². The fourth-order valence-electron chi connectivity index (χ4n) is 3.61. The van der Waals surface area contributed by atoms with E-state index in [9.17, 15) is 32.5 Å². The summed E-state index contributed by atoms with van der Waals surface area (Å²) in [6.45, 7) is 4.15. The lowest BCUT2D eigenvalue weighted by Gasteiger charge is -2.27. The zero-order valence-corrected chi connectivity index (χ0v) is 21.3. The van der Waals surface area contributed by atoms with Crippen molar-refractivity contribution in [1.29, 1.82) is 0 Å². The number of hydrogen-bond donors (Lipinski definition) is 5. The van der Waals surface area contributed by atoms with Crippen molar-refractivity contribution < 1.29 is 37.2 Å². The lowest BCUT2D eigenvalue weighted by molar-refractivity contribution is -0.126. The monoisotopic (exact) mass is 531 g/mol. The summed E-state index contributed by atoms with van der Waals surface area (Å²) in [7, 11) is -4.92. The standard InChI is InChI=1S/C22H33N3O8S2/c1-14(2)12-17(25-22(29)33-10-11-34-16-6-4-3-5-7-16)20(27)24-18(21(28)35(30,31)32)13-15-8-9-23-19(15)26/h3-7,14-15,17-18,21,28H,8-13H2,1-2H3,(H,23,26)(H,24,27)(H,25,29)(H,30,31,32)/t15-,17-,18-,21-/m0/s1. The van der Waals surface area contributed by atoms with E-state index in [0.29, 0.717) is 18.7 Å². The van der Waals surface area contributed by atoms with Gasteiger partial charge in [-0.25, -0.2) is 4.79 Å². The van der Waals surface area contributed by atoms with Crippen LogP contribution in [0.15, 0.2) is 35.2 Å². The van der Waals surface area contributed by atoms with Gasteiger partial charge in [-0.05, 0) is 37.3 Å². The maximum Gasteiger partial charge on any atom is 0.407 e. The molecule has 0 saturated carbocycles. The summed E-state index contributed by atoms with van der Waals surface area (Å²) >= 11 is 1.50. The molecule has 5 N–H and O–H groups in total. The van der Waals surface area contributed by atoms with E-state index in [2.05, 4.69) is 16.0 Å². The van der Waals surface area contributed by atoms with E-state index in [1.165, 1.54) is 11.8 Å². The molecule has 0 unspecified atom stereocenters. The molecule has 1 aliphatic heterocycles. The highest BCUT2D eigenvalue weighted by molar-refractivity contribution is 7.99. The minimum Gasteiger partial charge on any atom is -0.449 e. The van der Waals surface area contributed by atoms with Gasteiger partial charge < -0.3 is 25.8 Å². The highest BCUT2D eigenvalue weighted by Crippen LogP contribution is 2.20. The second-order valence-electron chi connectivity index (χ2n) is 8.66.